The molecular weight excluding hydrogens is 228 g/mol. The number of urea groups is 1. The average Bonchev–Trinajstić information content (AvgIpc) is 2.64. The second-order valence-corrected chi connectivity index (χ2v) is 4.40. The van der Waals surface area contributed by atoms with E-state index in [0.29, 0.717) is 13.1 Å². The highest BCUT2D eigenvalue weighted by molar-refractivity contribution is 5.77. The van der Waals surface area contributed by atoms with Gasteiger partial charge in [0, 0.05) is 13.1 Å². The zero-order valence-corrected chi connectivity index (χ0v) is 9.33. The van der Waals surface area contributed by atoms with E-state index in [0.717, 1.165) is 12.8 Å². The molecule has 2 fully saturated rings. The third-order valence-electron chi connectivity index (χ3n) is 3.06. The van der Waals surface area contributed by atoms with E-state index in [4.69, 9.17) is 14.9 Å². The molecule has 2 aliphatic rings. The number of morpholine rings is 1. The van der Waals surface area contributed by atoms with Crippen LogP contribution < -0.4 is 5.32 Å². The number of nitrogens with zero attached hydrogens (tertiary/aromatic N) is 1. The van der Waals surface area contributed by atoms with Gasteiger partial charge in [0.2, 0.25) is 0 Å². The molecule has 7 nitrogen and oxygen atoms in total. The molecule has 3 unspecified atom stereocenters. The van der Waals surface area contributed by atoms with E-state index in [1.807, 2.05) is 0 Å². The average molecular weight is 244 g/mol. The smallest absolute Gasteiger partial charge is 0.334 e. The molecule has 0 aromatic rings. The molecular formula is C10H16N2O5. The Morgan fingerprint density at radius 2 is 1.94 bits per heavy atom. The van der Waals surface area contributed by atoms with Crippen LogP contribution in [0.5, 0.6) is 0 Å². The molecule has 0 radical (unpaired) electrons. The fourth-order valence-corrected chi connectivity index (χ4v) is 2.16. The maximum atomic E-state index is 11.7. The first-order valence-electron chi connectivity index (χ1n) is 5.65. The van der Waals surface area contributed by atoms with Gasteiger partial charge in [0.25, 0.3) is 0 Å². The summed E-state index contributed by atoms with van der Waals surface area (Å²) >= 11 is 0. The fraction of sp³-hybridized carbons (Fsp3) is 0.800. The summed E-state index contributed by atoms with van der Waals surface area (Å²) in [5.74, 6) is -1.34. The predicted octanol–water partition coefficient (Wildman–Crippen LogP) is -0.995. The van der Waals surface area contributed by atoms with Crippen molar-refractivity contribution < 1.29 is 24.5 Å². The third kappa shape index (κ3) is 2.86. The van der Waals surface area contributed by atoms with Crippen molar-refractivity contribution >= 4 is 12.0 Å². The van der Waals surface area contributed by atoms with Crippen LogP contribution in [0, 0.1) is 0 Å². The Hall–Kier alpha value is -1.34. The normalized spacial score (nSPS) is 28.9. The van der Waals surface area contributed by atoms with Crippen molar-refractivity contribution in [1.82, 2.24) is 10.2 Å². The molecule has 0 saturated carbocycles. The highest BCUT2D eigenvalue weighted by Gasteiger charge is 2.35. The van der Waals surface area contributed by atoms with Gasteiger partial charge < -0.3 is 25.2 Å². The number of carbonyl (C=O) groups excluding carboxylic acids is 1. The van der Waals surface area contributed by atoms with Crippen LogP contribution in [0.4, 0.5) is 4.79 Å². The SMILES string of the molecule is O=C(O)C(O)CNC(=O)N1CC2CCC(C1)O2. The number of carbonyl (C=O) groups is 2. The predicted molar refractivity (Wildman–Crippen MR) is 56.5 cm³/mol. The first kappa shape index (κ1) is 12.1. The zero-order valence-electron chi connectivity index (χ0n) is 9.33. The monoisotopic (exact) mass is 244 g/mol. The number of nitrogens with one attached hydrogen (secondary N) is 1. The van der Waals surface area contributed by atoms with E-state index in [1.54, 1.807) is 4.90 Å². The van der Waals surface area contributed by atoms with E-state index in [1.165, 1.54) is 0 Å². The lowest BCUT2D eigenvalue weighted by Crippen LogP contribution is -2.51. The van der Waals surface area contributed by atoms with Gasteiger partial charge in [-0.05, 0) is 12.8 Å². The highest BCUT2D eigenvalue weighted by atomic mass is 16.5. The van der Waals surface area contributed by atoms with Crippen LogP contribution in [-0.4, -0.2) is 65.1 Å². The first-order valence-corrected chi connectivity index (χ1v) is 5.65. The summed E-state index contributed by atoms with van der Waals surface area (Å²) in [5.41, 5.74) is 0. The Kier molecular flexibility index (Phi) is 3.49. The van der Waals surface area contributed by atoms with Crippen LogP contribution in [0.25, 0.3) is 0 Å². The van der Waals surface area contributed by atoms with Crippen LogP contribution in [0.1, 0.15) is 12.8 Å². The Morgan fingerprint density at radius 3 is 2.47 bits per heavy atom. The van der Waals surface area contributed by atoms with E-state index < -0.39 is 12.1 Å². The van der Waals surface area contributed by atoms with Crippen molar-refractivity contribution in [3.8, 4) is 0 Å². The van der Waals surface area contributed by atoms with Gasteiger partial charge in [0.1, 0.15) is 0 Å². The van der Waals surface area contributed by atoms with Crippen molar-refractivity contribution in [2.24, 2.45) is 0 Å². The first-order chi connectivity index (χ1) is 8.06. The van der Waals surface area contributed by atoms with Gasteiger partial charge in [0.05, 0.1) is 18.8 Å². The molecule has 96 valence electrons. The number of aliphatic carboxylic acids is 1. The maximum Gasteiger partial charge on any atom is 0.334 e. The van der Waals surface area contributed by atoms with Crippen LogP contribution in [0.3, 0.4) is 0 Å². The molecule has 2 heterocycles. The molecule has 0 spiro atoms. The molecule has 3 N–H and O–H groups in total. The van der Waals surface area contributed by atoms with Crippen molar-refractivity contribution in [3.05, 3.63) is 0 Å². The molecule has 2 amide bonds. The topological polar surface area (TPSA) is 99.1 Å². The second kappa shape index (κ2) is 4.89. The van der Waals surface area contributed by atoms with Crippen LogP contribution >= 0.6 is 0 Å². The Labute approximate surface area is 98.3 Å². The maximum absolute atomic E-state index is 11.7. The van der Waals surface area contributed by atoms with Gasteiger partial charge >= 0.3 is 12.0 Å². The fourth-order valence-electron chi connectivity index (χ4n) is 2.16. The molecule has 0 aromatic carbocycles. The molecule has 2 saturated heterocycles. The summed E-state index contributed by atoms with van der Waals surface area (Å²) in [4.78, 5) is 23.7. The van der Waals surface area contributed by atoms with Gasteiger partial charge in [-0.15, -0.1) is 0 Å². The number of aliphatic hydroxyl groups excluding tert-OH is 1. The quantitative estimate of drug-likeness (QED) is 0.591. The van der Waals surface area contributed by atoms with Crippen molar-refractivity contribution in [3.63, 3.8) is 0 Å². The van der Waals surface area contributed by atoms with Crippen LogP contribution in [-0.2, 0) is 9.53 Å². The number of hydrogen-bond donors (Lipinski definition) is 3. The minimum absolute atomic E-state index is 0.101. The van der Waals surface area contributed by atoms with Crippen molar-refractivity contribution in [2.75, 3.05) is 19.6 Å². The molecule has 2 rings (SSSR count). The van der Waals surface area contributed by atoms with Crippen molar-refractivity contribution in [1.29, 1.82) is 0 Å². The van der Waals surface area contributed by atoms with E-state index in [-0.39, 0.29) is 24.8 Å². The summed E-state index contributed by atoms with van der Waals surface area (Å²) in [5, 5.41) is 19.9. The zero-order chi connectivity index (χ0) is 12.4. The van der Waals surface area contributed by atoms with Gasteiger partial charge in [-0.2, -0.15) is 0 Å². The second-order valence-electron chi connectivity index (χ2n) is 4.40. The van der Waals surface area contributed by atoms with Crippen LogP contribution in [0.2, 0.25) is 0 Å². The largest absolute Gasteiger partial charge is 0.479 e. The number of aliphatic hydroxyl groups is 1. The van der Waals surface area contributed by atoms with Gasteiger partial charge in [-0.1, -0.05) is 0 Å². The lowest BCUT2D eigenvalue weighted by molar-refractivity contribution is -0.146. The Bertz CT molecular complexity index is 310. The number of hydrogen-bond acceptors (Lipinski definition) is 4. The van der Waals surface area contributed by atoms with Gasteiger partial charge in [0.15, 0.2) is 6.10 Å². The van der Waals surface area contributed by atoms with Gasteiger partial charge in [-0.3, -0.25) is 0 Å². The van der Waals surface area contributed by atoms with Crippen molar-refractivity contribution in [2.45, 2.75) is 31.2 Å². The summed E-state index contributed by atoms with van der Waals surface area (Å²) in [7, 11) is 0. The molecule has 0 aromatic heterocycles. The molecule has 3 atom stereocenters. The molecule has 0 aliphatic carbocycles. The molecule has 2 bridgehead atoms. The summed E-state index contributed by atoms with van der Waals surface area (Å²) in [6.07, 6.45) is 0.572. The highest BCUT2D eigenvalue weighted by Crippen LogP contribution is 2.25. The summed E-state index contributed by atoms with van der Waals surface area (Å²) < 4.78 is 5.58. The number of rotatable bonds is 3. The lowest BCUT2D eigenvalue weighted by atomic mass is 10.2. The minimum atomic E-state index is -1.56. The number of carboxylic acid groups (broad SMARTS) is 1. The Morgan fingerprint density at radius 1 is 1.35 bits per heavy atom. The van der Waals surface area contributed by atoms with E-state index in [2.05, 4.69) is 5.32 Å². The standard InChI is InChI=1S/C10H16N2O5/c13-8(9(14)15)3-11-10(16)12-4-6-1-2-7(5-12)17-6/h6-8,13H,1-5H2,(H,11,16)(H,14,15). The number of likely N-dealkylation sites (tertiary alicyclic amines) is 1. The number of amides is 2. The summed E-state index contributed by atoms with van der Waals surface area (Å²) in [6.45, 7) is 0.790. The molecule has 17 heavy (non-hydrogen) atoms. The molecule has 2 aliphatic heterocycles. The van der Waals surface area contributed by atoms with Crippen LogP contribution in [0.15, 0.2) is 0 Å². The Balaban J connectivity index is 1.78. The minimum Gasteiger partial charge on any atom is -0.479 e. The lowest BCUT2D eigenvalue weighted by Gasteiger charge is -2.32. The van der Waals surface area contributed by atoms with E-state index in [9.17, 15) is 9.59 Å². The molecule has 7 heteroatoms. The van der Waals surface area contributed by atoms with Gasteiger partial charge in [-0.25, -0.2) is 9.59 Å². The number of carboxylic acids is 1. The third-order valence-corrected chi connectivity index (χ3v) is 3.06. The number of fused-ring (bicyclic) bond motifs is 2. The number of ether oxygens (including phenoxy) is 1. The summed E-state index contributed by atoms with van der Waals surface area (Å²) in [6, 6.07) is -0.342. The van der Waals surface area contributed by atoms with E-state index >= 15 is 0 Å².